The molecule has 4 heteroatoms. The Hall–Kier alpha value is -2.68. The second kappa shape index (κ2) is 6.56. The maximum absolute atomic E-state index is 10.4. The molecule has 4 rings (SSSR count). The van der Waals surface area contributed by atoms with E-state index in [1.54, 1.807) is 17.8 Å². The first-order valence-electron chi connectivity index (χ1n) is 8.52. The number of benzene rings is 3. The van der Waals surface area contributed by atoms with Crippen LogP contribution in [0.2, 0.25) is 0 Å². The first kappa shape index (κ1) is 16.8. The molecule has 0 fully saturated rings. The molecule has 1 heterocycles. The van der Waals surface area contributed by atoms with Crippen LogP contribution in [0.4, 0.5) is 5.69 Å². The van der Waals surface area contributed by atoms with Crippen molar-refractivity contribution in [3.63, 3.8) is 0 Å². The van der Waals surface area contributed by atoms with E-state index in [1.165, 1.54) is 21.9 Å². The molecule has 26 heavy (non-hydrogen) atoms. The van der Waals surface area contributed by atoms with E-state index in [-0.39, 0.29) is 5.54 Å². The van der Waals surface area contributed by atoms with Gasteiger partial charge in [-0.3, -0.25) is 4.99 Å². The van der Waals surface area contributed by atoms with Crippen LogP contribution in [0.1, 0.15) is 25.0 Å². The van der Waals surface area contributed by atoms with E-state index < -0.39 is 0 Å². The van der Waals surface area contributed by atoms with Crippen molar-refractivity contribution in [2.45, 2.75) is 30.7 Å². The van der Waals surface area contributed by atoms with Crippen molar-refractivity contribution in [1.29, 1.82) is 0 Å². The van der Waals surface area contributed by atoms with E-state index in [0.717, 1.165) is 16.4 Å². The molecule has 3 aromatic carbocycles. The molecule has 1 aliphatic rings. The number of fused-ring (bicyclic) bond motifs is 3. The third-order valence-corrected chi connectivity index (χ3v) is 5.52. The molecule has 128 valence electrons. The number of rotatable bonds is 2. The van der Waals surface area contributed by atoms with Crippen LogP contribution in [-0.4, -0.2) is 16.7 Å². The standard InChI is InChI=1S/C22H18N2OS/c1-22(2)13-20-18-6-4-3-5-15(18)7-12-19(20)21(24-22)26-17-10-8-16(9-11-17)23-14-25/h3-12H,13H2,1-2H3. The van der Waals surface area contributed by atoms with E-state index in [0.29, 0.717) is 5.69 Å². The highest BCUT2D eigenvalue weighted by atomic mass is 32.2. The summed E-state index contributed by atoms with van der Waals surface area (Å²) < 4.78 is 0. The second-order valence-electron chi connectivity index (χ2n) is 7.02. The van der Waals surface area contributed by atoms with E-state index in [4.69, 9.17) is 4.99 Å². The summed E-state index contributed by atoms with van der Waals surface area (Å²) in [7, 11) is 0. The van der Waals surface area contributed by atoms with Crippen LogP contribution in [0, 0.1) is 0 Å². The molecule has 0 unspecified atom stereocenters. The molecule has 0 saturated heterocycles. The lowest BCUT2D eigenvalue weighted by atomic mass is 9.86. The van der Waals surface area contributed by atoms with Gasteiger partial charge in [0.05, 0.1) is 11.2 Å². The van der Waals surface area contributed by atoms with Crippen LogP contribution in [0.3, 0.4) is 0 Å². The molecule has 1 aliphatic heterocycles. The predicted molar refractivity (Wildman–Crippen MR) is 108 cm³/mol. The Morgan fingerprint density at radius 2 is 1.81 bits per heavy atom. The van der Waals surface area contributed by atoms with Gasteiger partial charge < -0.3 is 0 Å². The topological polar surface area (TPSA) is 41.8 Å². The number of isocyanates is 1. The zero-order valence-electron chi connectivity index (χ0n) is 14.7. The summed E-state index contributed by atoms with van der Waals surface area (Å²) in [5.41, 5.74) is 3.05. The molecule has 0 N–H and O–H groups in total. The number of aliphatic imine (C=N–C) groups is 2. The minimum absolute atomic E-state index is 0.138. The van der Waals surface area contributed by atoms with Crippen molar-refractivity contribution in [2.75, 3.05) is 0 Å². The van der Waals surface area contributed by atoms with Gasteiger partial charge in [-0.15, -0.1) is 0 Å². The number of hydrogen-bond donors (Lipinski definition) is 0. The Bertz CT molecular complexity index is 1060. The van der Waals surface area contributed by atoms with Gasteiger partial charge in [0.2, 0.25) is 6.08 Å². The average Bonchev–Trinajstić information content (AvgIpc) is 2.63. The zero-order valence-corrected chi connectivity index (χ0v) is 15.5. The maximum Gasteiger partial charge on any atom is 0.240 e. The van der Waals surface area contributed by atoms with Crippen LogP contribution in [0.5, 0.6) is 0 Å². The lowest BCUT2D eigenvalue weighted by Crippen LogP contribution is -2.28. The van der Waals surface area contributed by atoms with E-state index in [2.05, 4.69) is 55.2 Å². The average molecular weight is 358 g/mol. The molecular formula is C22H18N2OS. The highest BCUT2D eigenvalue weighted by molar-refractivity contribution is 8.14. The van der Waals surface area contributed by atoms with Gasteiger partial charge in [0.25, 0.3) is 0 Å². The fraction of sp³-hybridized carbons (Fsp3) is 0.182. The Morgan fingerprint density at radius 3 is 2.58 bits per heavy atom. The van der Waals surface area contributed by atoms with Crippen LogP contribution in [0.15, 0.2) is 75.5 Å². The third kappa shape index (κ3) is 3.22. The molecule has 0 aromatic heterocycles. The van der Waals surface area contributed by atoms with Gasteiger partial charge >= 0.3 is 0 Å². The predicted octanol–water partition coefficient (Wildman–Crippen LogP) is 5.68. The third-order valence-electron chi connectivity index (χ3n) is 4.51. The van der Waals surface area contributed by atoms with Crippen molar-refractivity contribution in [2.24, 2.45) is 9.98 Å². The van der Waals surface area contributed by atoms with Gasteiger partial charge in [0, 0.05) is 10.5 Å². The van der Waals surface area contributed by atoms with Gasteiger partial charge in [0.15, 0.2) is 0 Å². The molecule has 3 aromatic rings. The van der Waals surface area contributed by atoms with Crippen molar-refractivity contribution in [3.8, 4) is 0 Å². The van der Waals surface area contributed by atoms with Gasteiger partial charge in [-0.25, -0.2) is 4.79 Å². The molecule has 0 bridgehead atoms. The Labute approximate surface area is 156 Å². The molecule has 0 saturated carbocycles. The molecule has 0 amide bonds. The summed E-state index contributed by atoms with van der Waals surface area (Å²) in [6.07, 6.45) is 2.50. The summed E-state index contributed by atoms with van der Waals surface area (Å²) in [5.74, 6) is 0. The Morgan fingerprint density at radius 1 is 1.04 bits per heavy atom. The minimum atomic E-state index is -0.138. The van der Waals surface area contributed by atoms with Gasteiger partial charge in [-0.1, -0.05) is 48.2 Å². The van der Waals surface area contributed by atoms with E-state index in [9.17, 15) is 4.79 Å². The first-order chi connectivity index (χ1) is 12.6. The van der Waals surface area contributed by atoms with Crippen molar-refractivity contribution in [3.05, 3.63) is 71.8 Å². The number of carbonyl (C=O) groups excluding carboxylic acids is 1. The summed E-state index contributed by atoms with van der Waals surface area (Å²) in [4.78, 5) is 20.1. The van der Waals surface area contributed by atoms with Gasteiger partial charge in [-0.2, -0.15) is 4.99 Å². The van der Waals surface area contributed by atoms with Crippen LogP contribution < -0.4 is 0 Å². The zero-order chi connectivity index (χ0) is 18.1. The number of thioether (sulfide) groups is 1. The molecule has 0 aliphatic carbocycles. The lowest BCUT2D eigenvalue weighted by molar-refractivity contribution is 0.517. The van der Waals surface area contributed by atoms with Gasteiger partial charge in [-0.05, 0) is 60.9 Å². The fourth-order valence-electron chi connectivity index (χ4n) is 3.36. The smallest absolute Gasteiger partial charge is 0.240 e. The largest absolute Gasteiger partial charge is 0.271 e. The quantitative estimate of drug-likeness (QED) is 0.437. The molecule has 3 nitrogen and oxygen atoms in total. The first-order valence-corrected chi connectivity index (χ1v) is 9.34. The van der Waals surface area contributed by atoms with Crippen molar-refractivity contribution >= 4 is 39.3 Å². The highest BCUT2D eigenvalue weighted by Crippen LogP contribution is 2.37. The number of nitrogens with zero attached hydrogens (tertiary/aromatic N) is 2. The molecule has 0 radical (unpaired) electrons. The van der Waals surface area contributed by atoms with Gasteiger partial charge in [0.1, 0.15) is 5.04 Å². The maximum atomic E-state index is 10.4. The van der Waals surface area contributed by atoms with Crippen LogP contribution in [-0.2, 0) is 11.2 Å². The van der Waals surface area contributed by atoms with E-state index >= 15 is 0 Å². The normalized spacial score (nSPS) is 15.1. The second-order valence-corrected chi connectivity index (χ2v) is 8.08. The summed E-state index contributed by atoms with van der Waals surface area (Å²) >= 11 is 1.65. The Balaban J connectivity index is 1.77. The SMILES string of the molecule is CC1(C)Cc2c(ccc3ccccc23)C(Sc2ccc(N=C=O)cc2)=N1. The molecule has 0 spiro atoms. The van der Waals surface area contributed by atoms with Crippen molar-refractivity contribution in [1.82, 2.24) is 0 Å². The molecule has 0 atom stereocenters. The minimum Gasteiger partial charge on any atom is -0.271 e. The molecular weight excluding hydrogens is 340 g/mol. The highest BCUT2D eigenvalue weighted by Gasteiger charge is 2.28. The Kier molecular flexibility index (Phi) is 4.23. The monoisotopic (exact) mass is 358 g/mol. The lowest BCUT2D eigenvalue weighted by Gasteiger charge is -2.29. The number of hydrogen-bond acceptors (Lipinski definition) is 4. The van der Waals surface area contributed by atoms with Crippen LogP contribution >= 0.6 is 11.8 Å². The van der Waals surface area contributed by atoms with Crippen LogP contribution in [0.25, 0.3) is 10.8 Å². The summed E-state index contributed by atoms with van der Waals surface area (Å²) in [6.45, 7) is 4.36. The fourth-order valence-corrected chi connectivity index (χ4v) is 4.45. The van der Waals surface area contributed by atoms with Crippen molar-refractivity contribution < 1.29 is 4.79 Å². The summed E-state index contributed by atoms with van der Waals surface area (Å²) in [6, 6.07) is 20.5. The summed E-state index contributed by atoms with van der Waals surface area (Å²) in [5, 5.41) is 3.61. The van der Waals surface area contributed by atoms with E-state index in [1.807, 2.05) is 24.3 Å².